The van der Waals surface area contributed by atoms with E-state index in [1.807, 2.05) is 6.07 Å². The first kappa shape index (κ1) is 18.6. The van der Waals surface area contributed by atoms with Crippen molar-refractivity contribution in [2.24, 2.45) is 0 Å². The van der Waals surface area contributed by atoms with Crippen LogP contribution >= 0.6 is 0 Å². The number of ether oxygens (including phenoxy) is 1. The van der Waals surface area contributed by atoms with Crippen molar-refractivity contribution in [3.8, 4) is 11.4 Å². The molecule has 0 spiro atoms. The number of aromatic nitrogens is 2. The van der Waals surface area contributed by atoms with Gasteiger partial charge in [0.1, 0.15) is 11.6 Å². The first-order valence-corrected chi connectivity index (χ1v) is 9.07. The highest BCUT2D eigenvalue weighted by atomic mass is 19.1. The van der Waals surface area contributed by atoms with Crippen LogP contribution in [0.2, 0.25) is 0 Å². The minimum atomic E-state index is -0.905. The summed E-state index contributed by atoms with van der Waals surface area (Å²) in [6, 6.07) is 19.6. The molecule has 1 unspecified atom stereocenters. The molecule has 0 saturated carbocycles. The third kappa shape index (κ3) is 3.91. The molecule has 0 bridgehead atoms. The van der Waals surface area contributed by atoms with Crippen LogP contribution in [-0.4, -0.2) is 27.8 Å². The fourth-order valence-corrected chi connectivity index (χ4v) is 3.00. The van der Waals surface area contributed by atoms with Crippen molar-refractivity contribution in [1.29, 1.82) is 0 Å². The summed E-state index contributed by atoms with van der Waals surface area (Å²) in [4.78, 5) is 32.5. The number of ketones is 1. The quantitative estimate of drug-likeness (QED) is 0.394. The lowest BCUT2D eigenvalue weighted by Crippen LogP contribution is -2.24. The molecular formula is C23H17FN2O3. The second-order valence-electron chi connectivity index (χ2n) is 6.60. The van der Waals surface area contributed by atoms with Gasteiger partial charge < -0.3 is 9.72 Å². The number of hydrogen-bond acceptors (Lipinski definition) is 4. The topological polar surface area (TPSA) is 72.0 Å². The van der Waals surface area contributed by atoms with Crippen molar-refractivity contribution >= 4 is 22.8 Å². The van der Waals surface area contributed by atoms with Crippen molar-refractivity contribution < 1.29 is 18.7 Å². The number of imidazole rings is 1. The SMILES string of the molecule is CC(OC(=O)c1ccc2nc(-c3ccc(F)cc3)[nH]c2c1)C(=O)c1ccccc1. The molecule has 5 nitrogen and oxygen atoms in total. The molecule has 29 heavy (non-hydrogen) atoms. The molecule has 0 radical (unpaired) electrons. The van der Waals surface area contributed by atoms with E-state index in [4.69, 9.17) is 4.74 Å². The lowest BCUT2D eigenvalue weighted by atomic mass is 10.1. The van der Waals surface area contributed by atoms with Crippen LogP contribution in [-0.2, 0) is 4.74 Å². The van der Waals surface area contributed by atoms with Gasteiger partial charge in [0, 0.05) is 11.1 Å². The van der Waals surface area contributed by atoms with Gasteiger partial charge >= 0.3 is 5.97 Å². The number of H-pyrrole nitrogens is 1. The second kappa shape index (κ2) is 7.67. The van der Waals surface area contributed by atoms with Crippen LogP contribution in [0.25, 0.3) is 22.4 Å². The highest BCUT2D eigenvalue weighted by molar-refractivity contribution is 6.02. The maximum absolute atomic E-state index is 13.1. The van der Waals surface area contributed by atoms with E-state index < -0.39 is 12.1 Å². The Morgan fingerprint density at radius 2 is 1.69 bits per heavy atom. The molecule has 0 amide bonds. The fourth-order valence-electron chi connectivity index (χ4n) is 3.00. The summed E-state index contributed by atoms with van der Waals surface area (Å²) in [5, 5.41) is 0. The summed E-state index contributed by atoms with van der Waals surface area (Å²) in [6.45, 7) is 1.55. The zero-order valence-electron chi connectivity index (χ0n) is 15.6. The Kier molecular flexibility index (Phi) is 4.91. The molecule has 4 aromatic rings. The van der Waals surface area contributed by atoms with Gasteiger partial charge in [-0.1, -0.05) is 30.3 Å². The number of benzene rings is 3. The molecule has 1 heterocycles. The first-order chi connectivity index (χ1) is 14.0. The zero-order chi connectivity index (χ0) is 20.4. The molecule has 3 aromatic carbocycles. The number of Topliss-reactive ketones (excluding diaryl/α,β-unsaturated/α-hetero) is 1. The Bertz CT molecular complexity index is 1180. The molecule has 0 fully saturated rings. The van der Waals surface area contributed by atoms with Gasteiger partial charge in [0.25, 0.3) is 0 Å². The van der Waals surface area contributed by atoms with E-state index >= 15 is 0 Å². The zero-order valence-corrected chi connectivity index (χ0v) is 15.6. The minimum absolute atomic E-state index is 0.264. The Morgan fingerprint density at radius 3 is 2.41 bits per heavy atom. The van der Waals surface area contributed by atoms with Crippen LogP contribution in [0.5, 0.6) is 0 Å². The van der Waals surface area contributed by atoms with E-state index in [0.29, 0.717) is 28.0 Å². The van der Waals surface area contributed by atoms with Crippen molar-refractivity contribution in [2.45, 2.75) is 13.0 Å². The number of nitrogens with one attached hydrogen (secondary N) is 1. The van der Waals surface area contributed by atoms with Gasteiger partial charge in [0.2, 0.25) is 5.78 Å². The van der Waals surface area contributed by atoms with Gasteiger partial charge in [0.05, 0.1) is 16.6 Å². The van der Waals surface area contributed by atoms with Gasteiger partial charge in [0.15, 0.2) is 6.10 Å². The van der Waals surface area contributed by atoms with Crippen molar-refractivity contribution in [2.75, 3.05) is 0 Å². The molecule has 4 rings (SSSR count). The van der Waals surface area contributed by atoms with Gasteiger partial charge in [-0.25, -0.2) is 14.2 Å². The number of nitrogens with zero attached hydrogens (tertiary/aromatic N) is 1. The molecule has 1 aromatic heterocycles. The molecular weight excluding hydrogens is 371 g/mol. The Morgan fingerprint density at radius 1 is 0.966 bits per heavy atom. The fraction of sp³-hybridized carbons (Fsp3) is 0.0870. The normalized spacial score (nSPS) is 11.9. The van der Waals surface area contributed by atoms with Crippen molar-refractivity contribution in [3.63, 3.8) is 0 Å². The molecule has 144 valence electrons. The summed E-state index contributed by atoms with van der Waals surface area (Å²) < 4.78 is 18.5. The summed E-state index contributed by atoms with van der Waals surface area (Å²) in [7, 11) is 0. The third-order valence-corrected chi connectivity index (χ3v) is 4.55. The lowest BCUT2D eigenvalue weighted by molar-refractivity contribution is 0.0319. The van der Waals surface area contributed by atoms with E-state index in [1.54, 1.807) is 61.5 Å². The molecule has 0 aliphatic rings. The Labute approximate surface area is 166 Å². The molecule has 1 atom stereocenters. The number of hydrogen-bond donors (Lipinski definition) is 1. The van der Waals surface area contributed by atoms with Crippen molar-refractivity contribution in [3.05, 3.63) is 89.7 Å². The third-order valence-electron chi connectivity index (χ3n) is 4.55. The number of carbonyl (C=O) groups excluding carboxylic acids is 2. The number of aromatic amines is 1. The smallest absolute Gasteiger partial charge is 0.338 e. The summed E-state index contributed by atoms with van der Waals surface area (Å²) in [5.41, 5.74) is 2.82. The molecule has 0 aliphatic heterocycles. The predicted octanol–water partition coefficient (Wildman–Crippen LogP) is 4.80. The summed E-state index contributed by atoms with van der Waals surface area (Å²) in [6.07, 6.45) is -0.905. The van der Waals surface area contributed by atoms with E-state index in [2.05, 4.69) is 9.97 Å². The molecule has 0 aliphatic carbocycles. The first-order valence-electron chi connectivity index (χ1n) is 9.07. The largest absolute Gasteiger partial charge is 0.451 e. The molecule has 0 saturated heterocycles. The Balaban J connectivity index is 1.53. The number of carbonyl (C=O) groups is 2. The van der Waals surface area contributed by atoms with E-state index in [1.165, 1.54) is 12.1 Å². The van der Waals surface area contributed by atoms with Crippen LogP contribution in [0.15, 0.2) is 72.8 Å². The number of esters is 1. The Hall–Kier alpha value is -3.80. The maximum Gasteiger partial charge on any atom is 0.338 e. The predicted molar refractivity (Wildman–Crippen MR) is 107 cm³/mol. The monoisotopic (exact) mass is 388 g/mol. The van der Waals surface area contributed by atoms with Crippen LogP contribution in [0.4, 0.5) is 4.39 Å². The van der Waals surface area contributed by atoms with Gasteiger partial charge in [-0.2, -0.15) is 0 Å². The molecule has 6 heteroatoms. The van der Waals surface area contributed by atoms with Crippen LogP contribution in [0, 0.1) is 5.82 Å². The van der Waals surface area contributed by atoms with E-state index in [9.17, 15) is 14.0 Å². The average Bonchev–Trinajstić information content (AvgIpc) is 3.17. The maximum atomic E-state index is 13.1. The van der Waals surface area contributed by atoms with E-state index in [0.717, 1.165) is 5.56 Å². The summed E-state index contributed by atoms with van der Waals surface area (Å²) >= 11 is 0. The van der Waals surface area contributed by atoms with E-state index in [-0.39, 0.29) is 11.6 Å². The van der Waals surface area contributed by atoms with Crippen LogP contribution in [0.1, 0.15) is 27.6 Å². The van der Waals surface area contributed by atoms with Crippen LogP contribution in [0.3, 0.4) is 0 Å². The molecule has 1 N–H and O–H groups in total. The number of rotatable bonds is 5. The standard InChI is InChI=1S/C23H17FN2O3/c1-14(21(27)15-5-3-2-4-6-15)29-23(28)17-9-12-19-20(13-17)26-22(25-19)16-7-10-18(24)11-8-16/h2-14H,1H3,(H,25,26). The van der Waals surface area contributed by atoms with Gasteiger partial charge in [-0.05, 0) is 49.4 Å². The highest BCUT2D eigenvalue weighted by Crippen LogP contribution is 2.22. The van der Waals surface area contributed by atoms with Gasteiger partial charge in [-0.3, -0.25) is 4.79 Å². The lowest BCUT2D eigenvalue weighted by Gasteiger charge is -2.12. The average molecular weight is 388 g/mol. The summed E-state index contributed by atoms with van der Waals surface area (Å²) in [5.74, 6) is -0.617. The van der Waals surface area contributed by atoms with Gasteiger partial charge in [-0.15, -0.1) is 0 Å². The second-order valence-corrected chi connectivity index (χ2v) is 6.60. The van der Waals surface area contributed by atoms with Crippen LogP contribution < -0.4 is 0 Å². The highest BCUT2D eigenvalue weighted by Gasteiger charge is 2.20. The number of halogens is 1. The van der Waals surface area contributed by atoms with Crippen molar-refractivity contribution in [1.82, 2.24) is 9.97 Å². The minimum Gasteiger partial charge on any atom is -0.451 e. The number of fused-ring (bicyclic) bond motifs is 1.